The van der Waals surface area contributed by atoms with E-state index in [0.29, 0.717) is 6.54 Å². The largest absolute Gasteiger partial charge is 0.439 e. The minimum Gasteiger partial charge on any atom is -0.439 e. The number of amidine groups is 1. The molecule has 2 aromatic heterocycles. The molecule has 0 spiro atoms. The van der Waals surface area contributed by atoms with Crippen LogP contribution in [0.2, 0.25) is 0 Å². The molecule has 0 aliphatic carbocycles. The van der Waals surface area contributed by atoms with Gasteiger partial charge in [-0.15, -0.1) is 11.3 Å². The first-order chi connectivity index (χ1) is 23.8. The Morgan fingerprint density at radius 1 is 0.667 bits per heavy atom. The fraction of sp³-hybridized carbons (Fsp3) is 0.0714. The van der Waals surface area contributed by atoms with Crippen molar-refractivity contribution < 1.29 is 4.42 Å². The molecule has 6 aromatic carbocycles. The molecule has 2 aliphatic heterocycles. The average molecular weight is 639 g/mol. The lowest BCUT2D eigenvalue weighted by atomic mass is 9.94. The number of rotatable bonds is 4. The Labute approximate surface area is 281 Å². The van der Waals surface area contributed by atoms with Crippen LogP contribution in [0.15, 0.2) is 149 Å². The van der Waals surface area contributed by atoms with Gasteiger partial charge in [0.05, 0.1) is 5.56 Å². The lowest BCUT2D eigenvalue weighted by molar-refractivity contribution is 0.410. The maximum atomic E-state index is 6.78. The van der Waals surface area contributed by atoms with E-state index >= 15 is 0 Å². The number of anilines is 1. The predicted molar refractivity (Wildman–Crippen MR) is 201 cm³/mol. The lowest BCUT2D eigenvalue weighted by Crippen LogP contribution is -2.45. The molecule has 10 rings (SSSR count). The summed E-state index contributed by atoms with van der Waals surface area (Å²) in [5.74, 6) is 1.63. The first kappa shape index (κ1) is 27.4. The molecule has 2 unspecified atom stereocenters. The molecule has 48 heavy (non-hydrogen) atoms. The summed E-state index contributed by atoms with van der Waals surface area (Å²) in [6, 6.07) is 47.3. The van der Waals surface area contributed by atoms with Crippen LogP contribution in [-0.4, -0.2) is 12.4 Å². The van der Waals surface area contributed by atoms with Crippen molar-refractivity contribution in [2.45, 2.75) is 12.3 Å². The standard InChI is InChI=1S/C42H30N4OS/c1-3-12-26(13-4-1)39-44-40(27-14-5-2-6-15-27)46-41(45-39)33-23-24-43-42-36(33)31-19-9-18-30(37(31)47-42)29-17-10-20-34-35(29)32-22-21-25-11-7-8-16-28(25)38(32)48-34/h1-23,39-40,43-44H,24H2,(H,45,46). The van der Waals surface area contributed by atoms with Crippen LogP contribution in [0.1, 0.15) is 29.0 Å². The molecule has 0 bridgehead atoms. The molecule has 0 fully saturated rings. The van der Waals surface area contributed by atoms with Crippen molar-refractivity contribution in [1.29, 1.82) is 0 Å². The number of furan rings is 1. The van der Waals surface area contributed by atoms with Crippen LogP contribution in [0.4, 0.5) is 5.88 Å². The highest BCUT2D eigenvalue weighted by atomic mass is 32.1. The van der Waals surface area contributed by atoms with E-state index in [9.17, 15) is 0 Å². The molecule has 0 saturated carbocycles. The van der Waals surface area contributed by atoms with Crippen molar-refractivity contribution in [1.82, 2.24) is 10.6 Å². The molecule has 5 nitrogen and oxygen atoms in total. The smallest absolute Gasteiger partial charge is 0.202 e. The van der Waals surface area contributed by atoms with Gasteiger partial charge in [0.15, 0.2) is 0 Å². The van der Waals surface area contributed by atoms with E-state index in [2.05, 4.69) is 149 Å². The summed E-state index contributed by atoms with van der Waals surface area (Å²) in [7, 11) is 0. The zero-order chi connectivity index (χ0) is 31.6. The summed E-state index contributed by atoms with van der Waals surface area (Å²) in [5.41, 5.74) is 7.52. The van der Waals surface area contributed by atoms with E-state index in [1.807, 2.05) is 17.4 Å². The molecule has 6 heteroatoms. The van der Waals surface area contributed by atoms with Gasteiger partial charge < -0.3 is 15.1 Å². The molecule has 230 valence electrons. The minimum atomic E-state index is -0.207. The van der Waals surface area contributed by atoms with E-state index in [1.54, 1.807) is 0 Å². The normalized spacial score (nSPS) is 17.6. The van der Waals surface area contributed by atoms with E-state index < -0.39 is 0 Å². The summed E-state index contributed by atoms with van der Waals surface area (Å²) in [6.45, 7) is 0.648. The van der Waals surface area contributed by atoms with Crippen LogP contribution in [0.25, 0.3) is 58.6 Å². The van der Waals surface area contributed by atoms with Crippen LogP contribution in [0.5, 0.6) is 0 Å². The van der Waals surface area contributed by atoms with Gasteiger partial charge in [-0.2, -0.15) is 0 Å². The monoisotopic (exact) mass is 638 g/mol. The van der Waals surface area contributed by atoms with E-state index in [-0.39, 0.29) is 12.3 Å². The summed E-state index contributed by atoms with van der Waals surface area (Å²) in [5, 5.41) is 17.2. The highest BCUT2D eigenvalue weighted by Crippen LogP contribution is 2.47. The number of aliphatic imine (C=N–C) groups is 1. The quantitative estimate of drug-likeness (QED) is 0.180. The van der Waals surface area contributed by atoms with Gasteiger partial charge in [0, 0.05) is 43.2 Å². The molecule has 0 radical (unpaired) electrons. The summed E-state index contributed by atoms with van der Waals surface area (Å²) >= 11 is 1.87. The average Bonchev–Trinajstić information content (AvgIpc) is 3.74. The second kappa shape index (κ2) is 10.9. The van der Waals surface area contributed by atoms with E-state index in [4.69, 9.17) is 9.41 Å². The third-order valence-corrected chi connectivity index (χ3v) is 10.8. The number of nitrogens with one attached hydrogen (secondary N) is 3. The van der Waals surface area contributed by atoms with Gasteiger partial charge >= 0.3 is 0 Å². The fourth-order valence-electron chi connectivity index (χ4n) is 7.38. The molecule has 3 N–H and O–H groups in total. The van der Waals surface area contributed by atoms with Crippen LogP contribution in [-0.2, 0) is 0 Å². The lowest BCUT2D eigenvalue weighted by Gasteiger charge is -2.33. The van der Waals surface area contributed by atoms with E-state index in [0.717, 1.165) is 50.5 Å². The molecule has 0 saturated heterocycles. The van der Waals surface area contributed by atoms with Gasteiger partial charge in [0.25, 0.3) is 0 Å². The third kappa shape index (κ3) is 4.30. The molecule has 8 aromatic rings. The van der Waals surface area contributed by atoms with Crippen LogP contribution >= 0.6 is 11.3 Å². The van der Waals surface area contributed by atoms with Crippen molar-refractivity contribution >= 4 is 70.5 Å². The second-order valence-corrected chi connectivity index (χ2v) is 13.4. The Hall–Kier alpha value is -5.69. The van der Waals surface area contributed by atoms with Crippen molar-refractivity contribution in [2.24, 2.45) is 4.99 Å². The zero-order valence-corrected chi connectivity index (χ0v) is 26.7. The minimum absolute atomic E-state index is 0.113. The molecular formula is C42H30N4OS. The van der Waals surface area contributed by atoms with Crippen molar-refractivity contribution in [3.63, 3.8) is 0 Å². The number of fused-ring (bicyclic) bond motifs is 8. The second-order valence-electron chi connectivity index (χ2n) is 12.4. The maximum Gasteiger partial charge on any atom is 0.202 e. The van der Waals surface area contributed by atoms with Gasteiger partial charge in [-0.3, -0.25) is 5.32 Å². The van der Waals surface area contributed by atoms with Gasteiger partial charge in [0.2, 0.25) is 5.88 Å². The van der Waals surface area contributed by atoms with Crippen LogP contribution in [0.3, 0.4) is 0 Å². The maximum absolute atomic E-state index is 6.78. The first-order valence-corrected chi connectivity index (χ1v) is 17.2. The predicted octanol–water partition coefficient (Wildman–Crippen LogP) is 10.4. The Kier molecular flexibility index (Phi) is 6.25. The highest BCUT2D eigenvalue weighted by Gasteiger charge is 2.31. The Bertz CT molecular complexity index is 2580. The molecule has 0 amide bonds. The number of para-hydroxylation sites is 1. The number of nitrogens with zero attached hydrogens (tertiary/aromatic N) is 1. The Morgan fingerprint density at radius 3 is 2.29 bits per heavy atom. The summed E-state index contributed by atoms with van der Waals surface area (Å²) in [4.78, 5) is 5.27. The number of benzene rings is 6. The number of thiophene rings is 1. The van der Waals surface area contributed by atoms with Crippen molar-refractivity contribution in [3.8, 4) is 11.1 Å². The SMILES string of the molecule is C1=C(C2=NC(c3ccccc3)NC(c3ccccc3)N2)c2c(oc3c(-c4cccc5sc6c7ccccc7ccc6c45)cccc23)NC1. The molecule has 2 aliphatic rings. The van der Waals surface area contributed by atoms with Gasteiger partial charge in [0.1, 0.15) is 23.8 Å². The van der Waals surface area contributed by atoms with Crippen molar-refractivity contribution in [2.75, 3.05) is 11.9 Å². The van der Waals surface area contributed by atoms with Crippen molar-refractivity contribution in [3.05, 3.63) is 156 Å². The Balaban J connectivity index is 1.14. The fourth-order valence-corrected chi connectivity index (χ4v) is 8.65. The van der Waals surface area contributed by atoms with Gasteiger partial charge in [-0.25, -0.2) is 4.99 Å². The molecule has 2 atom stereocenters. The number of hydrogen-bond donors (Lipinski definition) is 3. The Morgan fingerprint density at radius 2 is 1.42 bits per heavy atom. The van der Waals surface area contributed by atoms with E-state index in [1.165, 1.54) is 36.5 Å². The highest BCUT2D eigenvalue weighted by molar-refractivity contribution is 7.26. The topological polar surface area (TPSA) is 61.6 Å². The number of hydrogen-bond acceptors (Lipinski definition) is 6. The molecular weight excluding hydrogens is 609 g/mol. The molecule has 4 heterocycles. The summed E-state index contributed by atoms with van der Waals surface area (Å²) in [6.07, 6.45) is 1.90. The first-order valence-electron chi connectivity index (χ1n) is 16.3. The zero-order valence-electron chi connectivity index (χ0n) is 25.9. The third-order valence-electron chi connectivity index (χ3n) is 9.60. The summed E-state index contributed by atoms with van der Waals surface area (Å²) < 4.78 is 9.38. The van der Waals surface area contributed by atoms with Gasteiger partial charge in [-0.05, 0) is 33.5 Å². The van der Waals surface area contributed by atoms with Crippen LogP contribution < -0.4 is 16.0 Å². The van der Waals surface area contributed by atoms with Gasteiger partial charge in [-0.1, -0.05) is 133 Å². The van der Waals surface area contributed by atoms with Crippen LogP contribution in [0, 0.1) is 0 Å².